The molecule has 1 saturated heterocycles. The SMILES string of the molecule is CC.COC(=O)c1ccccc1.Cc1cc(C2CC2)c(CN2CCN(CC(F)F)CC2)c2c1[B]CC=C2. The van der Waals surface area contributed by atoms with Crippen LogP contribution in [0.1, 0.15) is 65.2 Å². The molecular formula is C30H40BF2N2O2. The predicted molar refractivity (Wildman–Crippen MR) is 149 cm³/mol. The lowest BCUT2D eigenvalue weighted by atomic mass is 9.60. The predicted octanol–water partition coefficient (Wildman–Crippen LogP) is 5.53. The molecule has 7 heteroatoms. The van der Waals surface area contributed by atoms with Crippen LogP contribution >= 0.6 is 0 Å². The Labute approximate surface area is 221 Å². The Kier molecular flexibility index (Phi) is 11.3. The molecule has 37 heavy (non-hydrogen) atoms. The van der Waals surface area contributed by atoms with Crippen LogP contribution in [0.25, 0.3) is 6.08 Å². The van der Waals surface area contributed by atoms with Crippen LogP contribution in [0, 0.1) is 6.92 Å². The summed E-state index contributed by atoms with van der Waals surface area (Å²) < 4.78 is 29.6. The van der Waals surface area contributed by atoms with Gasteiger partial charge in [0.25, 0.3) is 6.43 Å². The van der Waals surface area contributed by atoms with E-state index in [9.17, 15) is 13.6 Å². The van der Waals surface area contributed by atoms with E-state index in [4.69, 9.17) is 0 Å². The second-order valence-corrected chi connectivity index (χ2v) is 9.53. The van der Waals surface area contributed by atoms with Crippen molar-refractivity contribution in [3.05, 3.63) is 70.3 Å². The molecule has 0 aromatic heterocycles. The zero-order valence-electron chi connectivity index (χ0n) is 22.7. The third-order valence-electron chi connectivity index (χ3n) is 6.96. The Hall–Kier alpha value is -2.51. The summed E-state index contributed by atoms with van der Waals surface area (Å²) in [5, 5.41) is 0. The van der Waals surface area contributed by atoms with E-state index < -0.39 is 6.43 Å². The Balaban J connectivity index is 0.000000266. The standard InChI is InChI=1S/C20H26BF2N2.C8H8O2.C2H6/c1-14-11-17(15-4-5-15)18(16-3-2-6-21-20(14)16)12-24-7-9-25(10-8-24)13-19(22)23;1-10-8(9)7-5-3-2-4-6-7;1-2/h2-3,11,15,19H,4-10,12-13H2,1H3;2-6H,1H3;1-2H3. The fourth-order valence-corrected chi connectivity index (χ4v) is 4.94. The lowest BCUT2D eigenvalue weighted by Crippen LogP contribution is -2.47. The number of hydrogen-bond acceptors (Lipinski definition) is 4. The number of piperazine rings is 1. The molecule has 4 nitrogen and oxygen atoms in total. The second kappa shape index (κ2) is 14.4. The van der Waals surface area contributed by atoms with Gasteiger partial charge in [-0.1, -0.05) is 67.6 Å². The molecule has 0 N–H and O–H groups in total. The second-order valence-electron chi connectivity index (χ2n) is 9.53. The first kappa shape index (κ1) is 29.1. The minimum Gasteiger partial charge on any atom is -0.465 e. The van der Waals surface area contributed by atoms with Crippen LogP contribution in [0.2, 0.25) is 6.32 Å². The highest BCUT2D eigenvalue weighted by molar-refractivity contribution is 6.56. The summed E-state index contributed by atoms with van der Waals surface area (Å²) in [6.07, 6.45) is 5.96. The number of aryl methyl sites for hydroxylation is 1. The van der Waals surface area contributed by atoms with Gasteiger partial charge in [-0.3, -0.25) is 9.80 Å². The molecule has 0 atom stereocenters. The van der Waals surface area contributed by atoms with Crippen molar-refractivity contribution in [2.75, 3.05) is 39.8 Å². The number of carbonyl (C=O) groups excluding carboxylic acids is 1. The maximum atomic E-state index is 12.6. The lowest BCUT2D eigenvalue weighted by molar-refractivity contribution is 0.0542. The number of ether oxygens (including phenoxy) is 1. The summed E-state index contributed by atoms with van der Waals surface area (Å²) in [6.45, 7) is 10.4. The van der Waals surface area contributed by atoms with E-state index >= 15 is 0 Å². The Morgan fingerprint density at radius 1 is 1.08 bits per heavy atom. The van der Waals surface area contributed by atoms with E-state index in [0.29, 0.717) is 5.56 Å². The molecule has 2 aliphatic heterocycles. The number of allylic oxidation sites excluding steroid dienone is 1. The van der Waals surface area contributed by atoms with Gasteiger partial charge in [0, 0.05) is 32.7 Å². The molecule has 0 amide bonds. The molecule has 199 valence electrons. The van der Waals surface area contributed by atoms with Crippen molar-refractivity contribution >= 4 is 24.8 Å². The molecule has 2 aromatic rings. The number of hydrogen-bond donors (Lipinski definition) is 0. The molecule has 1 aliphatic carbocycles. The Morgan fingerprint density at radius 2 is 1.73 bits per heavy atom. The number of methoxy groups -OCH3 is 1. The molecule has 3 aliphatic rings. The quantitative estimate of drug-likeness (QED) is 0.379. The first-order valence-electron chi connectivity index (χ1n) is 13.5. The summed E-state index contributed by atoms with van der Waals surface area (Å²) >= 11 is 0. The van der Waals surface area contributed by atoms with Crippen LogP contribution in [0.15, 0.2) is 42.5 Å². The Bertz CT molecular complexity index is 1030. The molecule has 0 spiro atoms. The van der Waals surface area contributed by atoms with Crippen LogP contribution in [-0.4, -0.2) is 69.3 Å². The molecule has 2 heterocycles. The van der Waals surface area contributed by atoms with Gasteiger partial charge in [0.15, 0.2) is 7.28 Å². The third kappa shape index (κ3) is 8.24. The average molecular weight is 509 g/mol. The highest BCUT2D eigenvalue weighted by Crippen LogP contribution is 2.43. The molecule has 2 fully saturated rings. The smallest absolute Gasteiger partial charge is 0.337 e. The van der Waals surface area contributed by atoms with Crippen molar-refractivity contribution in [3.8, 4) is 0 Å². The van der Waals surface area contributed by atoms with Crippen LogP contribution < -0.4 is 5.46 Å². The number of carbonyl (C=O) groups is 1. The first-order valence-corrected chi connectivity index (χ1v) is 13.5. The van der Waals surface area contributed by atoms with Gasteiger partial charge in [-0.05, 0) is 54.5 Å². The number of esters is 1. The van der Waals surface area contributed by atoms with Crippen LogP contribution in [0.5, 0.6) is 0 Å². The van der Waals surface area contributed by atoms with Crippen LogP contribution in [-0.2, 0) is 11.3 Å². The van der Waals surface area contributed by atoms with Crippen LogP contribution in [0.3, 0.4) is 0 Å². The number of nitrogens with zero attached hydrogens (tertiary/aromatic N) is 2. The van der Waals surface area contributed by atoms with Gasteiger partial charge in [-0.15, -0.1) is 0 Å². The molecule has 0 bridgehead atoms. The van der Waals surface area contributed by atoms with E-state index in [1.165, 1.54) is 47.7 Å². The van der Waals surface area contributed by atoms with E-state index in [2.05, 4.69) is 42.1 Å². The summed E-state index contributed by atoms with van der Waals surface area (Å²) in [6, 6.07) is 11.3. The molecule has 1 radical (unpaired) electrons. The van der Waals surface area contributed by atoms with E-state index in [0.717, 1.165) is 45.0 Å². The van der Waals surface area contributed by atoms with Crippen molar-refractivity contribution in [1.29, 1.82) is 0 Å². The Morgan fingerprint density at radius 3 is 2.32 bits per heavy atom. The summed E-state index contributed by atoms with van der Waals surface area (Å²) in [4.78, 5) is 15.1. The highest BCUT2D eigenvalue weighted by atomic mass is 19.3. The molecule has 5 rings (SSSR count). The zero-order valence-corrected chi connectivity index (χ0v) is 22.7. The van der Waals surface area contributed by atoms with Gasteiger partial charge in [-0.25, -0.2) is 13.6 Å². The maximum absolute atomic E-state index is 12.6. The number of benzene rings is 2. The minimum atomic E-state index is -2.22. The molecular weight excluding hydrogens is 469 g/mol. The van der Waals surface area contributed by atoms with Crippen molar-refractivity contribution < 1.29 is 18.3 Å². The average Bonchev–Trinajstić information content (AvgIpc) is 3.78. The molecule has 0 unspecified atom stereocenters. The fourth-order valence-electron chi connectivity index (χ4n) is 4.94. The highest BCUT2D eigenvalue weighted by Gasteiger charge is 2.30. The van der Waals surface area contributed by atoms with E-state index in [1.807, 2.05) is 24.8 Å². The van der Waals surface area contributed by atoms with E-state index in [-0.39, 0.29) is 12.5 Å². The zero-order chi connectivity index (χ0) is 26.8. The van der Waals surface area contributed by atoms with Crippen molar-refractivity contribution in [2.45, 2.75) is 58.8 Å². The third-order valence-corrected chi connectivity index (χ3v) is 6.96. The van der Waals surface area contributed by atoms with Gasteiger partial charge in [0.1, 0.15) is 0 Å². The monoisotopic (exact) mass is 509 g/mol. The first-order chi connectivity index (χ1) is 18.0. The normalized spacial score (nSPS) is 17.1. The molecule has 2 aromatic carbocycles. The van der Waals surface area contributed by atoms with Crippen molar-refractivity contribution in [2.24, 2.45) is 0 Å². The lowest BCUT2D eigenvalue weighted by Gasteiger charge is -2.35. The largest absolute Gasteiger partial charge is 0.465 e. The summed E-state index contributed by atoms with van der Waals surface area (Å²) in [7, 11) is 3.71. The summed E-state index contributed by atoms with van der Waals surface area (Å²) in [5.41, 5.74) is 7.81. The number of fused-ring (bicyclic) bond motifs is 1. The van der Waals surface area contributed by atoms with Gasteiger partial charge in [0.05, 0.1) is 19.2 Å². The van der Waals surface area contributed by atoms with Crippen molar-refractivity contribution in [3.63, 3.8) is 0 Å². The van der Waals surface area contributed by atoms with Gasteiger partial charge in [-0.2, -0.15) is 0 Å². The van der Waals surface area contributed by atoms with E-state index in [1.54, 1.807) is 24.3 Å². The van der Waals surface area contributed by atoms with Gasteiger partial charge in [0.2, 0.25) is 0 Å². The number of rotatable bonds is 6. The van der Waals surface area contributed by atoms with Gasteiger partial charge < -0.3 is 4.74 Å². The molecule has 1 saturated carbocycles. The van der Waals surface area contributed by atoms with Crippen LogP contribution in [0.4, 0.5) is 8.78 Å². The summed E-state index contributed by atoms with van der Waals surface area (Å²) in [5.74, 6) is 0.440. The number of halogens is 2. The number of alkyl halides is 2. The maximum Gasteiger partial charge on any atom is 0.337 e. The van der Waals surface area contributed by atoms with Gasteiger partial charge >= 0.3 is 5.97 Å². The fraction of sp³-hybridized carbons (Fsp3) is 0.500. The topological polar surface area (TPSA) is 32.8 Å². The minimum absolute atomic E-state index is 0.0845. The van der Waals surface area contributed by atoms with Crippen molar-refractivity contribution in [1.82, 2.24) is 9.80 Å².